The van der Waals surface area contributed by atoms with Crippen LogP contribution in [0.4, 0.5) is 4.39 Å². The summed E-state index contributed by atoms with van der Waals surface area (Å²) < 4.78 is 25.0. The van der Waals surface area contributed by atoms with E-state index in [0.717, 1.165) is 63.7 Å². The zero-order chi connectivity index (χ0) is 20.8. The predicted molar refractivity (Wildman–Crippen MR) is 117 cm³/mol. The first-order valence-electron chi connectivity index (χ1n) is 11.2. The summed E-state index contributed by atoms with van der Waals surface area (Å²) in [6.45, 7) is 6.32. The highest BCUT2D eigenvalue weighted by atomic mass is 19.1. The highest BCUT2D eigenvalue weighted by Gasteiger charge is 2.23. The topological polar surface area (TPSA) is 24.9 Å². The molecule has 0 amide bonds. The third kappa shape index (κ3) is 5.39. The second-order valence-electron chi connectivity index (χ2n) is 8.43. The third-order valence-electron chi connectivity index (χ3n) is 6.33. The van der Waals surface area contributed by atoms with Crippen molar-refractivity contribution < 1.29 is 13.9 Å². The monoisotopic (exact) mass is 412 g/mol. The van der Waals surface area contributed by atoms with Crippen LogP contribution < -0.4 is 4.74 Å². The summed E-state index contributed by atoms with van der Waals surface area (Å²) in [6, 6.07) is 14.0. The van der Waals surface area contributed by atoms with Crippen LogP contribution in [-0.4, -0.2) is 49.8 Å². The van der Waals surface area contributed by atoms with Gasteiger partial charge in [0.1, 0.15) is 11.6 Å². The fourth-order valence-electron chi connectivity index (χ4n) is 4.74. The lowest BCUT2D eigenvalue weighted by Gasteiger charge is -2.31. The predicted octanol–water partition coefficient (Wildman–Crippen LogP) is 4.78. The molecule has 0 unspecified atom stereocenters. The van der Waals surface area contributed by atoms with Crippen molar-refractivity contribution in [1.82, 2.24) is 9.80 Å². The van der Waals surface area contributed by atoms with Gasteiger partial charge in [-0.05, 0) is 54.8 Å². The van der Waals surface area contributed by atoms with E-state index in [9.17, 15) is 4.39 Å². The minimum absolute atomic E-state index is 0.144. The quantitative estimate of drug-likeness (QED) is 0.681. The molecule has 0 saturated carbocycles. The number of halogens is 1. The molecule has 5 heteroatoms. The first kappa shape index (κ1) is 21.3. The first-order valence-corrected chi connectivity index (χ1v) is 11.2. The summed E-state index contributed by atoms with van der Waals surface area (Å²) >= 11 is 0. The van der Waals surface area contributed by atoms with Crippen LogP contribution in [0.25, 0.3) is 0 Å². The Balaban J connectivity index is 1.54. The van der Waals surface area contributed by atoms with Gasteiger partial charge in [-0.1, -0.05) is 31.0 Å². The van der Waals surface area contributed by atoms with E-state index in [4.69, 9.17) is 9.47 Å². The van der Waals surface area contributed by atoms with E-state index in [2.05, 4.69) is 34.1 Å². The van der Waals surface area contributed by atoms with E-state index < -0.39 is 0 Å². The van der Waals surface area contributed by atoms with Crippen LogP contribution in [0.5, 0.6) is 5.75 Å². The van der Waals surface area contributed by atoms with Crippen molar-refractivity contribution in [1.29, 1.82) is 0 Å². The standard InChI is InChI=1S/C25H33FN2O2/c1-29-25-10-9-20(16-22(25)19-27-12-14-30-15-13-27)18-28-11-4-2-3-8-24(28)21-6-5-7-23(26)17-21/h5-7,9-10,16-17,24H,2-4,8,11-15,18-19H2,1H3/t24-/m1/s1. The van der Waals surface area contributed by atoms with Crippen LogP contribution in [0.15, 0.2) is 42.5 Å². The van der Waals surface area contributed by atoms with Crippen molar-refractivity contribution in [2.45, 2.75) is 44.8 Å². The zero-order valence-electron chi connectivity index (χ0n) is 18.0. The van der Waals surface area contributed by atoms with Crippen molar-refractivity contribution in [3.63, 3.8) is 0 Å². The summed E-state index contributed by atoms with van der Waals surface area (Å²) in [5.41, 5.74) is 3.62. The summed E-state index contributed by atoms with van der Waals surface area (Å²) in [5, 5.41) is 0. The van der Waals surface area contributed by atoms with E-state index in [-0.39, 0.29) is 11.9 Å². The fourth-order valence-corrected chi connectivity index (χ4v) is 4.74. The maximum absolute atomic E-state index is 13.9. The minimum Gasteiger partial charge on any atom is -0.496 e. The van der Waals surface area contributed by atoms with Gasteiger partial charge in [-0.3, -0.25) is 9.80 Å². The number of hydrogen-bond donors (Lipinski definition) is 0. The van der Waals surface area contributed by atoms with Gasteiger partial charge < -0.3 is 9.47 Å². The lowest BCUT2D eigenvalue weighted by atomic mass is 9.99. The number of hydrogen-bond acceptors (Lipinski definition) is 4. The Morgan fingerprint density at radius 2 is 1.87 bits per heavy atom. The molecule has 0 aliphatic carbocycles. The summed E-state index contributed by atoms with van der Waals surface area (Å²) in [5.74, 6) is 0.803. The van der Waals surface area contributed by atoms with E-state index in [1.807, 2.05) is 6.07 Å². The second-order valence-corrected chi connectivity index (χ2v) is 8.43. The van der Waals surface area contributed by atoms with Crippen LogP contribution in [0.1, 0.15) is 48.4 Å². The second kappa shape index (κ2) is 10.4. The molecule has 2 aromatic rings. The Kier molecular flexibility index (Phi) is 7.37. The number of likely N-dealkylation sites (tertiary alicyclic amines) is 1. The number of benzene rings is 2. The normalized spacial score (nSPS) is 21.3. The minimum atomic E-state index is -0.144. The van der Waals surface area contributed by atoms with Crippen LogP contribution in [-0.2, 0) is 17.8 Å². The molecule has 2 saturated heterocycles. The lowest BCUT2D eigenvalue weighted by molar-refractivity contribution is 0.0338. The van der Waals surface area contributed by atoms with Gasteiger partial charge in [-0.2, -0.15) is 0 Å². The van der Waals surface area contributed by atoms with Gasteiger partial charge in [-0.15, -0.1) is 0 Å². The molecule has 4 rings (SSSR count). The molecule has 4 nitrogen and oxygen atoms in total. The molecular formula is C25H33FN2O2. The smallest absolute Gasteiger partial charge is 0.123 e. The molecular weight excluding hydrogens is 379 g/mol. The molecule has 0 radical (unpaired) electrons. The maximum Gasteiger partial charge on any atom is 0.123 e. The third-order valence-corrected chi connectivity index (χ3v) is 6.33. The van der Waals surface area contributed by atoms with E-state index in [1.54, 1.807) is 13.2 Å². The van der Waals surface area contributed by atoms with Gasteiger partial charge >= 0.3 is 0 Å². The molecule has 0 aromatic heterocycles. The fraction of sp³-hybridized carbons (Fsp3) is 0.520. The van der Waals surface area contributed by atoms with Crippen molar-refractivity contribution in [3.8, 4) is 5.75 Å². The van der Waals surface area contributed by atoms with Crippen LogP contribution in [0.3, 0.4) is 0 Å². The van der Waals surface area contributed by atoms with Crippen molar-refractivity contribution in [2.24, 2.45) is 0 Å². The Hall–Kier alpha value is -1.95. The molecule has 2 fully saturated rings. The summed E-state index contributed by atoms with van der Waals surface area (Å²) in [7, 11) is 1.74. The van der Waals surface area contributed by atoms with Gasteiger partial charge in [0.2, 0.25) is 0 Å². The Morgan fingerprint density at radius 3 is 2.67 bits per heavy atom. The molecule has 2 aromatic carbocycles. The van der Waals surface area contributed by atoms with Gasteiger partial charge in [0.05, 0.1) is 20.3 Å². The molecule has 30 heavy (non-hydrogen) atoms. The number of ether oxygens (including phenoxy) is 2. The molecule has 2 aliphatic rings. The first-order chi connectivity index (χ1) is 14.7. The Bertz CT molecular complexity index is 823. The number of methoxy groups -OCH3 is 1. The van der Waals surface area contributed by atoms with Crippen LogP contribution in [0, 0.1) is 5.82 Å². The molecule has 1 atom stereocenters. The maximum atomic E-state index is 13.9. The van der Waals surface area contributed by atoms with E-state index in [0.29, 0.717) is 0 Å². The highest BCUT2D eigenvalue weighted by molar-refractivity contribution is 5.37. The molecule has 0 N–H and O–H groups in total. The van der Waals surface area contributed by atoms with Crippen molar-refractivity contribution >= 4 is 0 Å². The largest absolute Gasteiger partial charge is 0.496 e. The summed E-state index contributed by atoms with van der Waals surface area (Å²) in [4.78, 5) is 4.95. The number of nitrogens with zero attached hydrogens (tertiary/aromatic N) is 2. The van der Waals surface area contributed by atoms with Crippen molar-refractivity contribution in [3.05, 3.63) is 65.0 Å². The Morgan fingerprint density at radius 1 is 1.00 bits per heavy atom. The van der Waals surface area contributed by atoms with Crippen LogP contribution in [0.2, 0.25) is 0 Å². The van der Waals surface area contributed by atoms with Gasteiger partial charge in [0.15, 0.2) is 0 Å². The van der Waals surface area contributed by atoms with E-state index >= 15 is 0 Å². The zero-order valence-corrected chi connectivity index (χ0v) is 18.0. The van der Waals surface area contributed by atoms with E-state index in [1.165, 1.54) is 36.5 Å². The average Bonchev–Trinajstić information content (AvgIpc) is 3.00. The number of morpholine rings is 1. The molecule has 2 heterocycles. The molecule has 0 bridgehead atoms. The molecule has 162 valence electrons. The van der Waals surface area contributed by atoms with Gasteiger partial charge in [0, 0.05) is 37.8 Å². The number of rotatable bonds is 6. The summed E-state index contributed by atoms with van der Waals surface area (Å²) in [6.07, 6.45) is 4.72. The Labute approximate surface area is 179 Å². The average molecular weight is 413 g/mol. The van der Waals surface area contributed by atoms with Gasteiger partial charge in [-0.25, -0.2) is 4.39 Å². The van der Waals surface area contributed by atoms with Crippen LogP contribution >= 0.6 is 0 Å². The van der Waals surface area contributed by atoms with Gasteiger partial charge in [0.25, 0.3) is 0 Å². The lowest BCUT2D eigenvalue weighted by Crippen LogP contribution is -2.35. The highest BCUT2D eigenvalue weighted by Crippen LogP contribution is 2.32. The SMILES string of the molecule is COc1ccc(CN2CCCCC[C@@H]2c2cccc(F)c2)cc1CN1CCOCC1. The molecule has 2 aliphatic heterocycles. The molecule has 0 spiro atoms. The van der Waals surface area contributed by atoms with Crippen molar-refractivity contribution in [2.75, 3.05) is 40.0 Å².